The van der Waals surface area contributed by atoms with Gasteiger partial charge in [-0.25, -0.2) is 4.98 Å². The van der Waals surface area contributed by atoms with Gasteiger partial charge in [-0.3, -0.25) is 10.1 Å². The average Bonchev–Trinajstić information content (AvgIpc) is 3.24. The first-order chi connectivity index (χ1) is 11.7. The van der Waals surface area contributed by atoms with E-state index in [-0.39, 0.29) is 11.4 Å². The van der Waals surface area contributed by atoms with E-state index in [2.05, 4.69) is 10.3 Å². The van der Waals surface area contributed by atoms with E-state index in [0.717, 1.165) is 22.1 Å². The van der Waals surface area contributed by atoms with Gasteiger partial charge in [0.25, 0.3) is 0 Å². The molecule has 0 atom stereocenters. The Bertz CT molecular complexity index is 830. The molecule has 0 aliphatic rings. The molecule has 0 unspecified atom stereocenters. The molecule has 0 saturated heterocycles. The number of benzene rings is 1. The Labute approximate surface area is 142 Å². The Hall–Kier alpha value is -2.87. The molecule has 0 aliphatic carbocycles. The van der Waals surface area contributed by atoms with Gasteiger partial charge in [0.05, 0.1) is 30.0 Å². The number of rotatable bonds is 7. The molecular weight excluding hydrogens is 330 g/mol. The van der Waals surface area contributed by atoms with E-state index in [9.17, 15) is 10.1 Å². The van der Waals surface area contributed by atoms with Gasteiger partial charge in [0, 0.05) is 23.2 Å². The molecular formula is C16H15N3O4S. The summed E-state index contributed by atoms with van der Waals surface area (Å²) >= 11 is 1.50. The Morgan fingerprint density at radius 1 is 1.42 bits per heavy atom. The Balaban J connectivity index is 1.70. The molecule has 0 saturated carbocycles. The second-order valence-corrected chi connectivity index (χ2v) is 5.71. The highest BCUT2D eigenvalue weighted by Gasteiger charge is 2.15. The summed E-state index contributed by atoms with van der Waals surface area (Å²) in [6, 6.07) is 8.39. The molecule has 7 nitrogen and oxygen atoms in total. The Kier molecular flexibility index (Phi) is 4.76. The summed E-state index contributed by atoms with van der Waals surface area (Å²) in [5, 5.41) is 16.9. The molecule has 3 aromatic rings. The number of thiazole rings is 1. The monoisotopic (exact) mass is 345 g/mol. The second kappa shape index (κ2) is 7.14. The number of furan rings is 1. The lowest BCUT2D eigenvalue weighted by molar-refractivity contribution is -0.385. The van der Waals surface area contributed by atoms with Crippen LogP contribution < -0.4 is 10.1 Å². The van der Waals surface area contributed by atoms with E-state index < -0.39 is 4.92 Å². The lowest BCUT2D eigenvalue weighted by atomic mass is 10.2. The first kappa shape index (κ1) is 16.0. The van der Waals surface area contributed by atoms with E-state index in [0.29, 0.717) is 13.2 Å². The number of hydrogen-bond acceptors (Lipinski definition) is 7. The van der Waals surface area contributed by atoms with Crippen LogP contribution in [0.4, 0.5) is 11.4 Å². The molecule has 1 aromatic carbocycles. The molecule has 0 fully saturated rings. The van der Waals surface area contributed by atoms with Crippen molar-refractivity contribution in [1.29, 1.82) is 0 Å². The van der Waals surface area contributed by atoms with Crippen LogP contribution >= 0.6 is 11.3 Å². The molecule has 8 heteroatoms. The van der Waals surface area contributed by atoms with Gasteiger partial charge in [-0.15, -0.1) is 11.3 Å². The topological polar surface area (TPSA) is 90.4 Å². The molecule has 1 N–H and O–H groups in total. The third kappa shape index (κ3) is 3.54. The van der Waals surface area contributed by atoms with Gasteiger partial charge in [0.1, 0.15) is 0 Å². The summed E-state index contributed by atoms with van der Waals surface area (Å²) in [4.78, 5) is 15.0. The zero-order valence-electron chi connectivity index (χ0n) is 12.9. The van der Waals surface area contributed by atoms with E-state index in [1.807, 2.05) is 17.5 Å². The maximum atomic E-state index is 11.0. The van der Waals surface area contributed by atoms with Crippen LogP contribution in [0.5, 0.6) is 5.75 Å². The van der Waals surface area contributed by atoms with Crippen molar-refractivity contribution in [3.8, 4) is 16.5 Å². The quantitative estimate of drug-likeness (QED) is 0.506. The number of nitro benzene ring substituents is 1. The maximum absolute atomic E-state index is 11.0. The first-order valence-corrected chi connectivity index (χ1v) is 8.18. The molecule has 2 heterocycles. The summed E-state index contributed by atoms with van der Waals surface area (Å²) in [5.74, 6) is 0.988. The van der Waals surface area contributed by atoms with Crippen molar-refractivity contribution in [2.24, 2.45) is 0 Å². The number of nitro groups is 1. The summed E-state index contributed by atoms with van der Waals surface area (Å²) < 4.78 is 10.7. The normalized spacial score (nSPS) is 10.5. The molecule has 0 bridgehead atoms. The van der Waals surface area contributed by atoms with Crippen molar-refractivity contribution in [2.45, 2.75) is 13.5 Å². The number of ether oxygens (including phenoxy) is 1. The predicted molar refractivity (Wildman–Crippen MR) is 91.4 cm³/mol. The number of aromatic nitrogens is 1. The highest BCUT2D eigenvalue weighted by Crippen LogP contribution is 2.30. The van der Waals surface area contributed by atoms with Gasteiger partial charge >= 0.3 is 5.69 Å². The maximum Gasteiger partial charge on any atom is 0.311 e. The number of anilines is 1. The largest absolute Gasteiger partial charge is 0.487 e. The summed E-state index contributed by atoms with van der Waals surface area (Å²) in [7, 11) is 0. The third-order valence-electron chi connectivity index (χ3n) is 3.21. The van der Waals surface area contributed by atoms with Crippen LogP contribution in [-0.2, 0) is 6.54 Å². The summed E-state index contributed by atoms with van der Waals surface area (Å²) in [6.07, 6.45) is 1.61. The smallest absolute Gasteiger partial charge is 0.311 e. The highest BCUT2D eigenvalue weighted by molar-refractivity contribution is 7.13. The standard InChI is InChI=1S/C16H15N3O4S/c1-2-22-15-8-11(5-6-13(15)19(20)21)17-9-12-10-24-16(18-12)14-4-3-7-23-14/h3-8,10,17H,2,9H2,1H3. The van der Waals surface area contributed by atoms with Gasteiger partial charge in [-0.2, -0.15) is 0 Å². The number of hydrogen-bond donors (Lipinski definition) is 1. The fourth-order valence-corrected chi connectivity index (χ4v) is 2.93. The fraction of sp³-hybridized carbons (Fsp3) is 0.188. The van der Waals surface area contributed by atoms with Crippen molar-refractivity contribution < 1.29 is 14.1 Å². The minimum atomic E-state index is -0.454. The van der Waals surface area contributed by atoms with Gasteiger partial charge in [0.2, 0.25) is 0 Å². The van der Waals surface area contributed by atoms with Crippen LogP contribution in [0.15, 0.2) is 46.4 Å². The van der Waals surface area contributed by atoms with Crippen molar-refractivity contribution in [3.05, 3.63) is 57.8 Å². The minimum absolute atomic E-state index is 0.0452. The minimum Gasteiger partial charge on any atom is -0.487 e. The molecule has 0 radical (unpaired) electrons. The lowest BCUT2D eigenvalue weighted by Gasteiger charge is -2.08. The van der Waals surface area contributed by atoms with Crippen LogP contribution in [0.2, 0.25) is 0 Å². The third-order valence-corrected chi connectivity index (χ3v) is 4.12. The predicted octanol–water partition coefficient (Wildman–Crippen LogP) is 4.32. The van der Waals surface area contributed by atoms with E-state index in [1.165, 1.54) is 17.4 Å². The summed E-state index contributed by atoms with van der Waals surface area (Å²) in [6.45, 7) is 2.65. The van der Waals surface area contributed by atoms with Gasteiger partial charge in [0.15, 0.2) is 16.5 Å². The van der Waals surface area contributed by atoms with Crippen molar-refractivity contribution in [1.82, 2.24) is 4.98 Å². The number of nitrogens with zero attached hydrogens (tertiary/aromatic N) is 2. The van der Waals surface area contributed by atoms with Gasteiger partial charge in [-0.05, 0) is 25.1 Å². The van der Waals surface area contributed by atoms with Crippen LogP contribution in [0, 0.1) is 10.1 Å². The Morgan fingerprint density at radius 2 is 2.29 bits per heavy atom. The van der Waals surface area contributed by atoms with Crippen molar-refractivity contribution in [2.75, 3.05) is 11.9 Å². The zero-order chi connectivity index (χ0) is 16.9. The lowest BCUT2D eigenvalue weighted by Crippen LogP contribution is -2.02. The van der Waals surface area contributed by atoms with E-state index in [1.54, 1.807) is 25.3 Å². The zero-order valence-corrected chi connectivity index (χ0v) is 13.7. The Morgan fingerprint density at radius 3 is 3.00 bits per heavy atom. The SMILES string of the molecule is CCOc1cc(NCc2csc(-c3ccco3)n2)ccc1[N+](=O)[O-]. The molecule has 0 aliphatic heterocycles. The molecule has 0 spiro atoms. The molecule has 2 aromatic heterocycles. The average molecular weight is 345 g/mol. The van der Waals surface area contributed by atoms with Crippen molar-refractivity contribution >= 4 is 22.7 Å². The van der Waals surface area contributed by atoms with Crippen LogP contribution in [0.3, 0.4) is 0 Å². The second-order valence-electron chi connectivity index (χ2n) is 4.85. The van der Waals surface area contributed by atoms with Crippen LogP contribution in [0.25, 0.3) is 10.8 Å². The molecule has 124 valence electrons. The first-order valence-electron chi connectivity index (χ1n) is 7.30. The molecule has 24 heavy (non-hydrogen) atoms. The fourth-order valence-electron chi connectivity index (χ4n) is 2.14. The van der Waals surface area contributed by atoms with Crippen molar-refractivity contribution in [3.63, 3.8) is 0 Å². The van der Waals surface area contributed by atoms with Crippen LogP contribution in [0.1, 0.15) is 12.6 Å². The molecule has 0 amide bonds. The highest BCUT2D eigenvalue weighted by atomic mass is 32.1. The van der Waals surface area contributed by atoms with Gasteiger partial charge < -0.3 is 14.5 Å². The van der Waals surface area contributed by atoms with E-state index >= 15 is 0 Å². The van der Waals surface area contributed by atoms with E-state index in [4.69, 9.17) is 9.15 Å². The molecule has 3 rings (SSSR count). The van der Waals surface area contributed by atoms with Gasteiger partial charge in [-0.1, -0.05) is 0 Å². The number of nitrogens with one attached hydrogen (secondary N) is 1. The van der Waals surface area contributed by atoms with Crippen LogP contribution in [-0.4, -0.2) is 16.5 Å². The summed E-state index contributed by atoms with van der Waals surface area (Å²) in [5.41, 5.74) is 1.55.